The smallest absolute Gasteiger partial charge is 0.346 e. The Balaban J connectivity index is 1.75. The first kappa shape index (κ1) is 19.2. The van der Waals surface area contributed by atoms with Crippen molar-refractivity contribution in [1.82, 2.24) is 0 Å². The number of Topliss-reactive ketones (excluding diaryl/α,β-unsaturated/α-hetero) is 1. The molecule has 0 bridgehead atoms. The van der Waals surface area contributed by atoms with Gasteiger partial charge in [0.2, 0.25) is 5.78 Å². The van der Waals surface area contributed by atoms with E-state index in [4.69, 9.17) is 14.2 Å². The standard InChI is InChI=1S/C22H20O6/c1-14(22(24)26-3)27-16-11-12-17-20(13-16)28-19(21(17)23)10-6-8-15-7-4-5-9-18(15)25-2/h4-14H,1-3H3. The minimum atomic E-state index is -0.765. The van der Waals surface area contributed by atoms with Gasteiger partial charge in [0.1, 0.15) is 17.2 Å². The van der Waals surface area contributed by atoms with Crippen molar-refractivity contribution in [3.05, 3.63) is 71.5 Å². The zero-order valence-corrected chi connectivity index (χ0v) is 15.8. The Kier molecular flexibility index (Phi) is 5.79. The summed E-state index contributed by atoms with van der Waals surface area (Å²) in [6.07, 6.45) is 4.40. The number of carbonyl (C=O) groups is 2. The number of para-hydroxylation sites is 1. The Morgan fingerprint density at radius 2 is 1.93 bits per heavy atom. The van der Waals surface area contributed by atoms with Gasteiger partial charge in [-0.25, -0.2) is 4.79 Å². The molecular formula is C22H20O6. The number of ether oxygens (including phenoxy) is 4. The average Bonchev–Trinajstić information content (AvgIpc) is 3.02. The first-order chi connectivity index (χ1) is 13.5. The van der Waals surface area contributed by atoms with Crippen LogP contribution in [-0.4, -0.2) is 32.1 Å². The third-order valence-corrected chi connectivity index (χ3v) is 4.15. The molecule has 0 amide bonds. The van der Waals surface area contributed by atoms with Crippen molar-refractivity contribution < 1.29 is 28.5 Å². The first-order valence-electron chi connectivity index (χ1n) is 8.66. The van der Waals surface area contributed by atoms with Crippen molar-refractivity contribution in [3.63, 3.8) is 0 Å². The van der Waals surface area contributed by atoms with E-state index in [1.54, 1.807) is 44.4 Å². The Bertz CT molecular complexity index is 957. The zero-order chi connectivity index (χ0) is 20.1. The summed E-state index contributed by atoms with van der Waals surface area (Å²) in [5, 5.41) is 0. The van der Waals surface area contributed by atoms with Crippen LogP contribution < -0.4 is 14.2 Å². The van der Waals surface area contributed by atoms with Crippen LogP contribution in [0.3, 0.4) is 0 Å². The van der Waals surface area contributed by atoms with E-state index in [-0.39, 0.29) is 11.5 Å². The highest BCUT2D eigenvalue weighted by Crippen LogP contribution is 2.34. The molecule has 0 fully saturated rings. The molecule has 0 saturated carbocycles. The number of esters is 1. The Morgan fingerprint density at radius 3 is 2.68 bits per heavy atom. The molecule has 3 rings (SSSR count). The van der Waals surface area contributed by atoms with Gasteiger partial charge in [0.15, 0.2) is 11.9 Å². The molecule has 0 aromatic heterocycles. The summed E-state index contributed by atoms with van der Waals surface area (Å²) in [6, 6.07) is 12.4. The highest BCUT2D eigenvalue weighted by Gasteiger charge is 2.27. The van der Waals surface area contributed by atoms with Gasteiger partial charge in [0, 0.05) is 11.6 Å². The van der Waals surface area contributed by atoms with E-state index in [2.05, 4.69) is 4.74 Å². The van der Waals surface area contributed by atoms with E-state index in [0.29, 0.717) is 17.1 Å². The van der Waals surface area contributed by atoms with Crippen molar-refractivity contribution in [2.45, 2.75) is 13.0 Å². The van der Waals surface area contributed by atoms with Gasteiger partial charge in [-0.05, 0) is 31.2 Å². The van der Waals surface area contributed by atoms with Gasteiger partial charge in [0.25, 0.3) is 0 Å². The number of allylic oxidation sites excluding steroid dienone is 3. The molecule has 6 nitrogen and oxygen atoms in total. The quantitative estimate of drug-likeness (QED) is 0.561. The lowest BCUT2D eigenvalue weighted by molar-refractivity contribution is -0.147. The molecule has 0 radical (unpaired) electrons. The average molecular weight is 380 g/mol. The minimum Gasteiger partial charge on any atom is -0.496 e. The number of methoxy groups -OCH3 is 2. The van der Waals surface area contributed by atoms with Gasteiger partial charge in [-0.3, -0.25) is 4.79 Å². The Morgan fingerprint density at radius 1 is 1.14 bits per heavy atom. The van der Waals surface area contributed by atoms with Crippen LogP contribution in [0.4, 0.5) is 0 Å². The largest absolute Gasteiger partial charge is 0.496 e. The van der Waals surface area contributed by atoms with Crippen LogP contribution in [0, 0.1) is 0 Å². The number of hydrogen-bond donors (Lipinski definition) is 0. The van der Waals surface area contributed by atoms with Gasteiger partial charge >= 0.3 is 5.97 Å². The predicted molar refractivity (Wildman–Crippen MR) is 104 cm³/mol. The summed E-state index contributed by atoms with van der Waals surface area (Å²) in [5.74, 6) is 1.04. The maximum atomic E-state index is 12.5. The lowest BCUT2D eigenvalue weighted by Crippen LogP contribution is -2.24. The van der Waals surface area contributed by atoms with Crippen LogP contribution in [0.15, 0.2) is 60.4 Å². The van der Waals surface area contributed by atoms with E-state index in [9.17, 15) is 9.59 Å². The van der Waals surface area contributed by atoms with Crippen molar-refractivity contribution in [2.75, 3.05) is 14.2 Å². The fraction of sp³-hybridized carbons (Fsp3) is 0.182. The second kappa shape index (κ2) is 8.43. The number of ketones is 1. The lowest BCUT2D eigenvalue weighted by atomic mass is 10.1. The monoisotopic (exact) mass is 380 g/mol. The van der Waals surface area contributed by atoms with Crippen LogP contribution >= 0.6 is 0 Å². The third-order valence-electron chi connectivity index (χ3n) is 4.15. The van der Waals surface area contributed by atoms with Crippen LogP contribution in [-0.2, 0) is 9.53 Å². The Hall–Kier alpha value is -3.54. The van der Waals surface area contributed by atoms with Crippen LogP contribution in [0.1, 0.15) is 22.8 Å². The lowest BCUT2D eigenvalue weighted by Gasteiger charge is -2.12. The molecule has 1 heterocycles. The number of benzene rings is 2. The second-order valence-electron chi connectivity index (χ2n) is 6.00. The number of rotatable bonds is 6. The normalized spacial score (nSPS) is 15.2. The van der Waals surface area contributed by atoms with E-state index in [1.165, 1.54) is 7.11 Å². The number of hydrogen-bond acceptors (Lipinski definition) is 6. The molecule has 0 aliphatic carbocycles. The van der Waals surface area contributed by atoms with Crippen molar-refractivity contribution in [1.29, 1.82) is 0 Å². The number of fused-ring (bicyclic) bond motifs is 1. The molecule has 28 heavy (non-hydrogen) atoms. The molecular weight excluding hydrogens is 360 g/mol. The molecule has 0 N–H and O–H groups in total. The fourth-order valence-corrected chi connectivity index (χ4v) is 2.72. The molecule has 1 unspecified atom stereocenters. The van der Waals surface area contributed by atoms with Crippen molar-refractivity contribution >= 4 is 17.8 Å². The minimum absolute atomic E-state index is 0.208. The second-order valence-corrected chi connectivity index (χ2v) is 6.00. The molecule has 1 aliphatic rings. The third kappa shape index (κ3) is 4.06. The molecule has 144 valence electrons. The highest BCUT2D eigenvalue weighted by atomic mass is 16.6. The molecule has 0 saturated heterocycles. The summed E-state index contributed by atoms with van der Waals surface area (Å²) >= 11 is 0. The fourth-order valence-electron chi connectivity index (χ4n) is 2.72. The summed E-state index contributed by atoms with van der Waals surface area (Å²) < 4.78 is 21.1. The van der Waals surface area contributed by atoms with Crippen molar-refractivity contribution in [2.24, 2.45) is 0 Å². The topological polar surface area (TPSA) is 71.1 Å². The predicted octanol–water partition coefficient (Wildman–Crippen LogP) is 3.81. The molecule has 2 aromatic rings. The van der Waals surface area contributed by atoms with Crippen molar-refractivity contribution in [3.8, 4) is 17.2 Å². The van der Waals surface area contributed by atoms with Gasteiger partial charge < -0.3 is 18.9 Å². The van der Waals surface area contributed by atoms with Crippen LogP contribution in [0.5, 0.6) is 17.2 Å². The zero-order valence-electron chi connectivity index (χ0n) is 15.8. The van der Waals surface area contributed by atoms with Gasteiger partial charge in [0.05, 0.1) is 19.8 Å². The van der Waals surface area contributed by atoms with Crippen LogP contribution in [0.25, 0.3) is 6.08 Å². The summed E-state index contributed by atoms with van der Waals surface area (Å²) in [5.41, 5.74) is 1.33. The van der Waals surface area contributed by atoms with E-state index in [0.717, 1.165) is 11.3 Å². The van der Waals surface area contributed by atoms with Crippen LogP contribution in [0.2, 0.25) is 0 Å². The molecule has 6 heteroatoms. The van der Waals surface area contributed by atoms with E-state index < -0.39 is 12.1 Å². The summed E-state index contributed by atoms with van der Waals surface area (Å²) in [7, 11) is 2.90. The highest BCUT2D eigenvalue weighted by molar-refractivity contribution is 6.12. The first-order valence-corrected chi connectivity index (χ1v) is 8.66. The maximum absolute atomic E-state index is 12.5. The molecule has 2 aromatic carbocycles. The van der Waals surface area contributed by atoms with Gasteiger partial charge in [-0.2, -0.15) is 0 Å². The summed E-state index contributed by atoms with van der Waals surface area (Å²) in [6.45, 7) is 1.58. The Labute approximate surface area is 163 Å². The molecule has 1 aliphatic heterocycles. The van der Waals surface area contributed by atoms with Gasteiger partial charge in [-0.1, -0.05) is 30.4 Å². The SMILES string of the molecule is COC(=O)C(C)Oc1ccc2c(c1)OC(=CC=Cc1ccccc1OC)C2=O. The molecule has 0 spiro atoms. The van der Waals surface area contributed by atoms with E-state index in [1.807, 2.05) is 30.3 Å². The number of carbonyl (C=O) groups excluding carboxylic acids is 2. The summed E-state index contributed by atoms with van der Waals surface area (Å²) in [4.78, 5) is 24.0. The van der Waals surface area contributed by atoms with E-state index >= 15 is 0 Å². The maximum Gasteiger partial charge on any atom is 0.346 e. The van der Waals surface area contributed by atoms with Gasteiger partial charge in [-0.15, -0.1) is 0 Å². The molecule has 1 atom stereocenters.